The third-order valence-corrected chi connectivity index (χ3v) is 4.70. The second-order valence-electron chi connectivity index (χ2n) is 5.99. The minimum atomic E-state index is -0.557. The van der Waals surface area contributed by atoms with E-state index in [1.165, 1.54) is 43.9 Å². The van der Waals surface area contributed by atoms with Crippen molar-refractivity contribution in [1.29, 1.82) is 5.26 Å². The number of hydrogen-bond acceptors (Lipinski definition) is 2. The van der Waals surface area contributed by atoms with E-state index in [9.17, 15) is 9.18 Å². The van der Waals surface area contributed by atoms with Crippen LogP contribution in [-0.2, 0) is 4.79 Å². The van der Waals surface area contributed by atoms with Crippen LogP contribution in [0.5, 0.6) is 0 Å². The van der Waals surface area contributed by atoms with Gasteiger partial charge in [-0.15, -0.1) is 0 Å². The Balaban J connectivity index is 1.60. The van der Waals surface area contributed by atoms with Gasteiger partial charge in [0.15, 0.2) is 0 Å². The van der Waals surface area contributed by atoms with Crippen LogP contribution < -0.4 is 5.32 Å². The van der Waals surface area contributed by atoms with Crippen molar-refractivity contribution < 1.29 is 9.18 Å². The van der Waals surface area contributed by atoms with Gasteiger partial charge in [0.2, 0.25) is 5.91 Å². The van der Waals surface area contributed by atoms with Gasteiger partial charge < -0.3 is 5.32 Å². The normalized spacial score (nSPS) is 27.3. The summed E-state index contributed by atoms with van der Waals surface area (Å²) in [6.45, 7) is 0. The molecule has 1 aromatic rings. The zero-order chi connectivity index (χ0) is 14.1. The van der Waals surface area contributed by atoms with E-state index in [1.54, 1.807) is 6.07 Å². The fourth-order valence-corrected chi connectivity index (χ4v) is 3.77. The molecule has 3 atom stereocenters. The molecule has 0 spiro atoms. The van der Waals surface area contributed by atoms with Crippen LogP contribution in [0.3, 0.4) is 0 Å². The Kier molecular flexibility index (Phi) is 3.43. The maximum absolute atomic E-state index is 13.2. The number of carbonyl (C=O) groups excluding carboxylic acids is 1. The number of rotatable bonds is 3. The standard InChI is InChI=1S/C16H17FN2O/c17-15-4-3-14(7-13(15)9-18)19-16(20)8-12-6-10-1-2-11(12)5-10/h3-4,7,10-12H,1-2,5-6,8H2,(H,19,20). The number of anilines is 1. The summed E-state index contributed by atoms with van der Waals surface area (Å²) >= 11 is 0. The zero-order valence-electron chi connectivity index (χ0n) is 11.2. The van der Waals surface area contributed by atoms with Crippen molar-refractivity contribution in [3.8, 4) is 6.07 Å². The molecule has 2 aliphatic rings. The maximum atomic E-state index is 13.2. The van der Waals surface area contributed by atoms with Crippen molar-refractivity contribution in [2.24, 2.45) is 17.8 Å². The monoisotopic (exact) mass is 272 g/mol. The van der Waals surface area contributed by atoms with Gasteiger partial charge in [-0.05, 0) is 55.2 Å². The van der Waals surface area contributed by atoms with Crippen LogP contribution in [0, 0.1) is 34.9 Å². The molecule has 20 heavy (non-hydrogen) atoms. The predicted molar refractivity (Wildman–Crippen MR) is 73.3 cm³/mol. The number of amides is 1. The van der Waals surface area contributed by atoms with E-state index < -0.39 is 5.82 Å². The Labute approximate surface area is 117 Å². The quantitative estimate of drug-likeness (QED) is 0.916. The molecule has 4 heteroatoms. The summed E-state index contributed by atoms with van der Waals surface area (Å²) in [5, 5.41) is 11.5. The Morgan fingerprint density at radius 3 is 2.90 bits per heavy atom. The first-order valence-electron chi connectivity index (χ1n) is 7.15. The molecular formula is C16H17FN2O. The molecule has 0 radical (unpaired) electrons. The van der Waals surface area contributed by atoms with Crippen LogP contribution in [0.4, 0.5) is 10.1 Å². The summed E-state index contributed by atoms with van der Waals surface area (Å²) in [4.78, 5) is 12.0. The van der Waals surface area contributed by atoms with Crippen molar-refractivity contribution in [3.05, 3.63) is 29.6 Å². The lowest BCUT2D eigenvalue weighted by atomic mass is 9.86. The molecule has 104 valence electrons. The first-order valence-corrected chi connectivity index (χ1v) is 7.15. The van der Waals surface area contributed by atoms with E-state index in [-0.39, 0.29) is 11.5 Å². The zero-order valence-corrected chi connectivity index (χ0v) is 11.2. The van der Waals surface area contributed by atoms with Gasteiger partial charge in [0.25, 0.3) is 0 Å². The highest BCUT2D eigenvalue weighted by Crippen LogP contribution is 2.49. The molecule has 3 nitrogen and oxygen atoms in total. The van der Waals surface area contributed by atoms with Crippen molar-refractivity contribution in [2.75, 3.05) is 5.32 Å². The summed E-state index contributed by atoms with van der Waals surface area (Å²) in [5.41, 5.74) is 0.457. The summed E-state index contributed by atoms with van der Waals surface area (Å²) in [5.74, 6) is 1.46. The minimum absolute atomic E-state index is 0.0296. The van der Waals surface area contributed by atoms with Crippen molar-refractivity contribution >= 4 is 11.6 Å². The van der Waals surface area contributed by atoms with Crippen LogP contribution in [0.25, 0.3) is 0 Å². The number of nitrogens with zero attached hydrogens (tertiary/aromatic N) is 1. The number of nitriles is 1. The molecule has 0 heterocycles. The van der Waals surface area contributed by atoms with Crippen LogP contribution >= 0.6 is 0 Å². The van der Waals surface area contributed by atoms with E-state index in [0.29, 0.717) is 23.9 Å². The van der Waals surface area contributed by atoms with E-state index in [1.807, 2.05) is 0 Å². The van der Waals surface area contributed by atoms with Crippen LogP contribution in [0.1, 0.15) is 37.7 Å². The van der Waals surface area contributed by atoms with Gasteiger partial charge in [-0.3, -0.25) is 4.79 Å². The van der Waals surface area contributed by atoms with E-state index in [4.69, 9.17) is 5.26 Å². The Morgan fingerprint density at radius 1 is 1.40 bits per heavy atom. The lowest BCUT2D eigenvalue weighted by molar-refractivity contribution is -0.117. The molecule has 3 rings (SSSR count). The van der Waals surface area contributed by atoms with Gasteiger partial charge in [-0.2, -0.15) is 5.26 Å². The summed E-state index contributed by atoms with van der Waals surface area (Å²) in [7, 11) is 0. The molecule has 0 aromatic heterocycles. The van der Waals surface area contributed by atoms with Crippen LogP contribution in [0.2, 0.25) is 0 Å². The summed E-state index contributed by atoms with van der Waals surface area (Å²) in [6.07, 6.45) is 5.59. The Morgan fingerprint density at radius 2 is 2.25 bits per heavy atom. The van der Waals surface area contributed by atoms with Crippen molar-refractivity contribution in [3.63, 3.8) is 0 Å². The summed E-state index contributed by atoms with van der Waals surface area (Å²) in [6, 6.07) is 5.87. The molecule has 1 aromatic carbocycles. The number of hydrogen-bond donors (Lipinski definition) is 1. The SMILES string of the molecule is N#Cc1cc(NC(=O)CC2CC3CCC2C3)ccc1F. The molecule has 1 amide bonds. The Hall–Kier alpha value is -1.89. The highest BCUT2D eigenvalue weighted by atomic mass is 19.1. The number of fused-ring (bicyclic) bond motifs is 2. The third kappa shape index (κ3) is 2.53. The van der Waals surface area contributed by atoms with Gasteiger partial charge in [-0.25, -0.2) is 4.39 Å². The molecular weight excluding hydrogens is 255 g/mol. The molecule has 1 N–H and O–H groups in total. The average Bonchev–Trinajstić information content (AvgIpc) is 3.03. The molecule has 0 aliphatic heterocycles. The predicted octanol–water partition coefficient (Wildman–Crippen LogP) is 3.46. The highest BCUT2D eigenvalue weighted by molar-refractivity contribution is 5.91. The van der Waals surface area contributed by atoms with Crippen molar-refractivity contribution in [1.82, 2.24) is 0 Å². The fourth-order valence-electron chi connectivity index (χ4n) is 3.77. The molecule has 2 saturated carbocycles. The molecule has 0 saturated heterocycles. The lowest BCUT2D eigenvalue weighted by Crippen LogP contribution is -2.20. The van der Waals surface area contributed by atoms with E-state index >= 15 is 0 Å². The largest absolute Gasteiger partial charge is 0.326 e. The van der Waals surface area contributed by atoms with Gasteiger partial charge in [-0.1, -0.05) is 6.42 Å². The number of nitrogens with one attached hydrogen (secondary N) is 1. The van der Waals surface area contributed by atoms with Gasteiger partial charge >= 0.3 is 0 Å². The first kappa shape index (κ1) is 13.1. The topological polar surface area (TPSA) is 52.9 Å². The fraction of sp³-hybridized carbons (Fsp3) is 0.500. The molecule has 2 bridgehead atoms. The third-order valence-electron chi connectivity index (χ3n) is 4.70. The van der Waals surface area contributed by atoms with Gasteiger partial charge in [0.1, 0.15) is 11.9 Å². The van der Waals surface area contributed by atoms with Crippen LogP contribution in [-0.4, -0.2) is 5.91 Å². The number of benzene rings is 1. The van der Waals surface area contributed by atoms with Gasteiger partial charge in [0.05, 0.1) is 5.56 Å². The van der Waals surface area contributed by atoms with E-state index in [0.717, 1.165) is 5.92 Å². The maximum Gasteiger partial charge on any atom is 0.224 e. The summed E-state index contributed by atoms with van der Waals surface area (Å²) < 4.78 is 13.2. The average molecular weight is 272 g/mol. The molecule has 2 aliphatic carbocycles. The minimum Gasteiger partial charge on any atom is -0.326 e. The van der Waals surface area contributed by atoms with Crippen molar-refractivity contribution in [2.45, 2.75) is 32.1 Å². The van der Waals surface area contributed by atoms with E-state index in [2.05, 4.69) is 5.32 Å². The second-order valence-corrected chi connectivity index (χ2v) is 5.99. The van der Waals surface area contributed by atoms with Gasteiger partial charge in [0, 0.05) is 12.1 Å². The number of halogens is 1. The smallest absolute Gasteiger partial charge is 0.224 e. The first-order chi connectivity index (χ1) is 9.65. The second kappa shape index (κ2) is 5.24. The molecule has 2 fully saturated rings. The van der Waals surface area contributed by atoms with Crippen LogP contribution in [0.15, 0.2) is 18.2 Å². The lowest BCUT2D eigenvalue weighted by Gasteiger charge is -2.20. The highest BCUT2D eigenvalue weighted by Gasteiger charge is 2.40. The number of carbonyl (C=O) groups is 1. The Bertz CT molecular complexity index is 578. The molecule has 3 unspecified atom stereocenters.